The van der Waals surface area contributed by atoms with Gasteiger partial charge in [-0.15, -0.1) is 0 Å². The van der Waals surface area contributed by atoms with Crippen LogP contribution in [-0.2, 0) is 9.31 Å². The Morgan fingerprint density at radius 3 is 2.26 bits per heavy atom. The molecule has 0 aromatic heterocycles. The highest BCUT2D eigenvalue weighted by Gasteiger charge is 2.52. The van der Waals surface area contributed by atoms with Crippen molar-refractivity contribution in [3.8, 4) is 5.75 Å². The number of carbonyl (C=O) groups is 1. The zero-order chi connectivity index (χ0) is 16.8. The summed E-state index contributed by atoms with van der Waals surface area (Å²) in [6.07, 6.45) is 1.08. The third-order valence-corrected chi connectivity index (χ3v) is 5.13. The molecule has 0 N–H and O–H groups in total. The summed E-state index contributed by atoms with van der Waals surface area (Å²) in [6, 6.07) is 5.47. The summed E-state index contributed by atoms with van der Waals surface area (Å²) in [7, 11) is 1.10. The van der Waals surface area contributed by atoms with Gasteiger partial charge in [0, 0.05) is 24.1 Å². The van der Waals surface area contributed by atoms with Crippen LogP contribution in [0.15, 0.2) is 18.2 Å². The lowest BCUT2D eigenvalue weighted by Crippen LogP contribution is -2.42. The Bertz CT molecular complexity index is 609. The average molecular weight is 317 g/mol. The minimum absolute atomic E-state index is 0.0509. The van der Waals surface area contributed by atoms with Gasteiger partial charge in [0.15, 0.2) is 0 Å². The van der Waals surface area contributed by atoms with Gasteiger partial charge in [-0.25, -0.2) is 0 Å². The topological polar surface area (TPSA) is 48.0 Å². The van der Waals surface area contributed by atoms with Gasteiger partial charge in [0.2, 0.25) is 0 Å². The second-order valence-electron chi connectivity index (χ2n) is 7.19. The summed E-state index contributed by atoms with van der Waals surface area (Å²) < 4.78 is 17.6. The highest BCUT2D eigenvalue weighted by molar-refractivity contribution is 6.63. The first-order valence-electron chi connectivity index (χ1n) is 8.08. The highest BCUT2D eigenvalue weighted by atomic mass is 16.7. The molecule has 2 heterocycles. The van der Waals surface area contributed by atoms with Crippen molar-refractivity contribution in [3.63, 3.8) is 0 Å². The number of rotatable bonds is 3. The monoisotopic (exact) mass is 317 g/mol. The first-order chi connectivity index (χ1) is 10.7. The first kappa shape index (κ1) is 16.3. The molecule has 2 aliphatic rings. The smallest absolute Gasteiger partial charge is 0.497 e. The average Bonchev–Trinajstić information content (AvgIpc) is 2.64. The maximum atomic E-state index is 12.3. The lowest BCUT2D eigenvalue weighted by molar-refractivity contribution is 0.00578. The normalized spacial score (nSPS) is 22.0. The standard InChI is InChI=1S/C17H24BNO4/c1-16(2)17(3,4)23-18(22-16)13-8-7-12(11-14(13)21-5)15(20)19-9-6-10-19/h7-8,11H,6,9-10H2,1-5H3. The highest BCUT2D eigenvalue weighted by Crippen LogP contribution is 2.37. The van der Waals surface area contributed by atoms with Crippen molar-refractivity contribution in [1.82, 2.24) is 4.90 Å². The van der Waals surface area contributed by atoms with Gasteiger partial charge in [-0.2, -0.15) is 0 Å². The molecule has 0 bridgehead atoms. The molecule has 1 aromatic carbocycles. The summed E-state index contributed by atoms with van der Waals surface area (Å²) in [4.78, 5) is 14.2. The molecule has 1 aromatic rings. The minimum atomic E-state index is -0.497. The van der Waals surface area contributed by atoms with E-state index in [0.29, 0.717) is 11.3 Å². The zero-order valence-electron chi connectivity index (χ0n) is 14.5. The van der Waals surface area contributed by atoms with Gasteiger partial charge in [-0.05, 0) is 46.2 Å². The SMILES string of the molecule is COc1cc(C(=O)N2CCC2)ccc1B1OC(C)(C)C(C)(C)O1. The maximum Gasteiger partial charge on any atom is 0.498 e. The maximum absolute atomic E-state index is 12.3. The van der Waals surface area contributed by atoms with E-state index in [4.69, 9.17) is 14.0 Å². The number of nitrogens with zero attached hydrogens (tertiary/aromatic N) is 1. The van der Waals surface area contributed by atoms with Crippen LogP contribution in [0.2, 0.25) is 0 Å². The van der Waals surface area contributed by atoms with Gasteiger partial charge in [-0.3, -0.25) is 4.79 Å². The fourth-order valence-electron chi connectivity index (χ4n) is 2.71. The molecular formula is C17H24BNO4. The number of benzene rings is 1. The Labute approximate surface area is 138 Å². The molecule has 0 radical (unpaired) electrons. The Morgan fingerprint density at radius 2 is 1.78 bits per heavy atom. The molecule has 5 nitrogen and oxygen atoms in total. The molecule has 0 saturated carbocycles. The van der Waals surface area contributed by atoms with Gasteiger partial charge in [0.1, 0.15) is 5.75 Å². The number of amides is 1. The van der Waals surface area contributed by atoms with Crippen molar-refractivity contribution in [3.05, 3.63) is 23.8 Å². The van der Waals surface area contributed by atoms with Crippen LogP contribution < -0.4 is 10.2 Å². The molecule has 3 rings (SSSR count). The van der Waals surface area contributed by atoms with Crippen LogP contribution in [0, 0.1) is 0 Å². The van der Waals surface area contributed by atoms with Crippen LogP contribution in [0.4, 0.5) is 0 Å². The van der Waals surface area contributed by atoms with Crippen molar-refractivity contribution in [2.75, 3.05) is 20.2 Å². The quantitative estimate of drug-likeness (QED) is 0.798. The van der Waals surface area contributed by atoms with Crippen molar-refractivity contribution < 1.29 is 18.8 Å². The number of hydrogen-bond donors (Lipinski definition) is 0. The van der Waals surface area contributed by atoms with E-state index in [0.717, 1.165) is 25.0 Å². The molecule has 1 amide bonds. The van der Waals surface area contributed by atoms with Crippen molar-refractivity contribution in [2.24, 2.45) is 0 Å². The molecule has 2 saturated heterocycles. The van der Waals surface area contributed by atoms with E-state index in [1.165, 1.54) is 0 Å². The molecule has 2 aliphatic heterocycles. The van der Waals surface area contributed by atoms with E-state index in [2.05, 4.69) is 0 Å². The minimum Gasteiger partial charge on any atom is -0.497 e. The lowest BCUT2D eigenvalue weighted by atomic mass is 9.78. The number of hydrogen-bond acceptors (Lipinski definition) is 4. The van der Waals surface area contributed by atoms with Crippen molar-refractivity contribution in [1.29, 1.82) is 0 Å². The Kier molecular flexibility index (Phi) is 3.93. The van der Waals surface area contributed by atoms with Gasteiger partial charge < -0.3 is 18.9 Å². The van der Waals surface area contributed by atoms with E-state index >= 15 is 0 Å². The molecule has 124 valence electrons. The van der Waals surface area contributed by atoms with Crippen molar-refractivity contribution >= 4 is 18.5 Å². The predicted octanol–water partition coefficient (Wildman–Crippen LogP) is 1.84. The van der Waals surface area contributed by atoms with E-state index in [1.807, 2.05) is 44.7 Å². The molecule has 0 spiro atoms. The van der Waals surface area contributed by atoms with Crippen molar-refractivity contribution in [2.45, 2.75) is 45.3 Å². The second kappa shape index (κ2) is 5.53. The molecule has 0 unspecified atom stereocenters. The summed E-state index contributed by atoms with van der Waals surface area (Å²) in [5.74, 6) is 0.671. The van der Waals surface area contributed by atoms with Gasteiger partial charge in [-0.1, -0.05) is 6.07 Å². The van der Waals surface area contributed by atoms with Crippen LogP contribution in [0.5, 0.6) is 5.75 Å². The molecular weight excluding hydrogens is 293 g/mol. The molecule has 0 atom stereocenters. The summed E-state index contributed by atoms with van der Waals surface area (Å²) in [5, 5.41) is 0. The van der Waals surface area contributed by atoms with E-state index < -0.39 is 18.3 Å². The summed E-state index contributed by atoms with van der Waals surface area (Å²) >= 11 is 0. The van der Waals surface area contributed by atoms with E-state index in [-0.39, 0.29) is 5.91 Å². The third-order valence-electron chi connectivity index (χ3n) is 5.13. The molecule has 2 fully saturated rings. The van der Waals surface area contributed by atoms with E-state index in [9.17, 15) is 4.79 Å². The number of carbonyl (C=O) groups excluding carboxylic acids is 1. The Balaban J connectivity index is 1.87. The largest absolute Gasteiger partial charge is 0.498 e. The fraction of sp³-hybridized carbons (Fsp3) is 0.588. The van der Waals surface area contributed by atoms with Crippen LogP contribution >= 0.6 is 0 Å². The van der Waals surface area contributed by atoms with Crippen LogP contribution in [0.1, 0.15) is 44.5 Å². The molecule has 0 aliphatic carbocycles. The number of methoxy groups -OCH3 is 1. The lowest BCUT2D eigenvalue weighted by Gasteiger charge is -2.32. The first-order valence-corrected chi connectivity index (χ1v) is 8.08. The predicted molar refractivity (Wildman–Crippen MR) is 89.2 cm³/mol. The summed E-state index contributed by atoms with van der Waals surface area (Å²) in [5.41, 5.74) is 0.636. The van der Waals surface area contributed by atoms with E-state index in [1.54, 1.807) is 13.2 Å². The Hall–Kier alpha value is -1.53. The Morgan fingerprint density at radius 1 is 1.17 bits per heavy atom. The van der Waals surface area contributed by atoms with Gasteiger partial charge in [0.05, 0.1) is 18.3 Å². The van der Waals surface area contributed by atoms with Crippen LogP contribution in [0.25, 0.3) is 0 Å². The zero-order valence-corrected chi connectivity index (χ0v) is 14.5. The fourth-order valence-corrected chi connectivity index (χ4v) is 2.71. The number of ether oxygens (including phenoxy) is 1. The second-order valence-corrected chi connectivity index (χ2v) is 7.19. The number of likely N-dealkylation sites (tertiary alicyclic amines) is 1. The van der Waals surface area contributed by atoms with Gasteiger partial charge in [0.25, 0.3) is 5.91 Å². The summed E-state index contributed by atoms with van der Waals surface area (Å²) in [6.45, 7) is 9.73. The molecule has 23 heavy (non-hydrogen) atoms. The third kappa shape index (κ3) is 2.74. The van der Waals surface area contributed by atoms with Crippen LogP contribution in [-0.4, -0.2) is 49.3 Å². The molecule has 6 heteroatoms. The van der Waals surface area contributed by atoms with Gasteiger partial charge >= 0.3 is 7.12 Å². The van der Waals surface area contributed by atoms with Crippen LogP contribution in [0.3, 0.4) is 0 Å².